The van der Waals surface area contributed by atoms with E-state index in [1.165, 1.54) is 25.5 Å². The van der Waals surface area contributed by atoms with Gasteiger partial charge in [-0.2, -0.15) is 0 Å². The van der Waals surface area contributed by atoms with Crippen molar-refractivity contribution in [3.05, 3.63) is 29.8 Å². The first-order valence-electron chi connectivity index (χ1n) is 7.10. The summed E-state index contributed by atoms with van der Waals surface area (Å²) in [5.41, 5.74) is 0.773. The molecular formula is C15H23NO3S. The first-order chi connectivity index (χ1) is 9.38. The minimum atomic E-state index is -3.17. The number of nitrogens with zero attached hydrogens (tertiary/aromatic N) is 1. The lowest BCUT2D eigenvalue weighted by molar-refractivity contribution is 0.0732. The molecule has 1 aromatic rings. The van der Waals surface area contributed by atoms with Crippen molar-refractivity contribution in [2.45, 2.75) is 43.2 Å². The van der Waals surface area contributed by atoms with Crippen LogP contribution in [0.1, 0.15) is 37.9 Å². The molecule has 0 spiro atoms. The third-order valence-corrected chi connectivity index (χ3v) is 5.17. The van der Waals surface area contributed by atoms with Gasteiger partial charge in [-0.05, 0) is 44.0 Å². The van der Waals surface area contributed by atoms with Crippen LogP contribution in [-0.2, 0) is 9.84 Å². The Bertz CT molecular complexity index is 539. The van der Waals surface area contributed by atoms with Crippen molar-refractivity contribution < 1.29 is 13.5 Å². The number of benzene rings is 1. The highest BCUT2D eigenvalue weighted by Crippen LogP contribution is 2.22. The number of hydrogen-bond donors (Lipinski definition) is 1. The monoisotopic (exact) mass is 297 g/mol. The average Bonchev–Trinajstić information content (AvgIpc) is 2.40. The molecule has 1 aliphatic heterocycles. The Morgan fingerprint density at radius 1 is 1.30 bits per heavy atom. The number of rotatable bonds is 4. The zero-order chi connectivity index (χ0) is 14.8. The van der Waals surface area contributed by atoms with E-state index in [1.807, 2.05) is 0 Å². The van der Waals surface area contributed by atoms with Crippen molar-refractivity contribution in [1.29, 1.82) is 0 Å². The summed E-state index contributed by atoms with van der Waals surface area (Å²) in [6.45, 7) is 3.83. The molecule has 20 heavy (non-hydrogen) atoms. The summed E-state index contributed by atoms with van der Waals surface area (Å²) in [6.07, 6.45) is 4.25. The van der Waals surface area contributed by atoms with E-state index in [0.29, 0.717) is 17.5 Å². The van der Waals surface area contributed by atoms with Crippen LogP contribution in [0.5, 0.6) is 0 Å². The minimum Gasteiger partial charge on any atom is -0.387 e. The van der Waals surface area contributed by atoms with Crippen LogP contribution in [-0.4, -0.2) is 43.8 Å². The fourth-order valence-corrected chi connectivity index (χ4v) is 3.32. The van der Waals surface area contributed by atoms with Crippen LogP contribution in [0.3, 0.4) is 0 Å². The predicted molar refractivity (Wildman–Crippen MR) is 79.4 cm³/mol. The third-order valence-electron chi connectivity index (χ3n) is 4.04. The molecule has 112 valence electrons. The lowest BCUT2D eigenvalue weighted by Crippen LogP contribution is -2.40. The van der Waals surface area contributed by atoms with Crippen molar-refractivity contribution in [3.63, 3.8) is 0 Å². The Hall–Kier alpha value is -0.910. The molecule has 1 saturated heterocycles. The van der Waals surface area contributed by atoms with Crippen LogP contribution in [0.25, 0.3) is 0 Å². The maximum atomic E-state index is 11.4. The van der Waals surface area contributed by atoms with Gasteiger partial charge in [0.05, 0.1) is 11.0 Å². The summed E-state index contributed by atoms with van der Waals surface area (Å²) in [6, 6.07) is 7.04. The number of sulfone groups is 1. The Labute approximate surface area is 121 Å². The maximum Gasteiger partial charge on any atom is 0.175 e. The fraction of sp³-hybridized carbons (Fsp3) is 0.600. The van der Waals surface area contributed by atoms with Crippen LogP contribution in [0.15, 0.2) is 29.2 Å². The van der Waals surface area contributed by atoms with Crippen LogP contribution >= 0.6 is 0 Å². The molecular weight excluding hydrogens is 274 g/mol. The molecule has 4 nitrogen and oxygen atoms in total. The van der Waals surface area contributed by atoms with Gasteiger partial charge in [-0.3, -0.25) is 4.90 Å². The Balaban J connectivity index is 2.03. The Morgan fingerprint density at radius 3 is 2.50 bits per heavy atom. The molecule has 0 saturated carbocycles. The van der Waals surface area contributed by atoms with Gasteiger partial charge in [0.15, 0.2) is 9.84 Å². The molecule has 2 rings (SSSR count). The van der Waals surface area contributed by atoms with Crippen LogP contribution < -0.4 is 0 Å². The molecule has 1 heterocycles. The van der Waals surface area contributed by atoms with Gasteiger partial charge >= 0.3 is 0 Å². The number of hydrogen-bond acceptors (Lipinski definition) is 4. The van der Waals surface area contributed by atoms with Crippen LogP contribution in [0.2, 0.25) is 0 Å². The molecule has 0 radical (unpaired) electrons. The molecule has 5 heteroatoms. The molecule has 1 fully saturated rings. The molecule has 0 bridgehead atoms. The van der Waals surface area contributed by atoms with Crippen LogP contribution in [0.4, 0.5) is 0 Å². The summed E-state index contributed by atoms with van der Waals surface area (Å²) in [5.74, 6) is 0. The first-order valence-corrected chi connectivity index (χ1v) is 8.99. The van der Waals surface area contributed by atoms with E-state index in [4.69, 9.17) is 0 Å². The van der Waals surface area contributed by atoms with Crippen molar-refractivity contribution in [2.24, 2.45) is 0 Å². The van der Waals surface area contributed by atoms with Crippen molar-refractivity contribution in [2.75, 3.05) is 19.3 Å². The van der Waals surface area contributed by atoms with Gasteiger partial charge in [0.25, 0.3) is 0 Å². The Morgan fingerprint density at radius 2 is 1.95 bits per heavy atom. The van der Waals surface area contributed by atoms with Crippen molar-refractivity contribution >= 4 is 9.84 Å². The van der Waals surface area contributed by atoms with E-state index in [0.717, 1.165) is 12.1 Å². The summed E-state index contributed by atoms with van der Waals surface area (Å²) in [5, 5.41) is 10.3. The second-order valence-corrected chi connectivity index (χ2v) is 7.71. The lowest BCUT2D eigenvalue weighted by Gasteiger charge is -2.34. The maximum absolute atomic E-state index is 11.4. The van der Waals surface area contributed by atoms with E-state index in [-0.39, 0.29) is 0 Å². The molecule has 0 unspecified atom stereocenters. The molecule has 0 aliphatic carbocycles. The second kappa shape index (κ2) is 6.24. The normalized spacial score (nSPS) is 22.6. The number of β-amino-alcohol motifs (C(OH)–C–C–N with tert-alkyl or cyclic N) is 1. The first kappa shape index (κ1) is 15.5. The van der Waals surface area contributed by atoms with Gasteiger partial charge in [-0.15, -0.1) is 0 Å². The lowest BCUT2D eigenvalue weighted by atomic mass is 10.0. The van der Waals surface area contributed by atoms with E-state index < -0.39 is 15.9 Å². The van der Waals surface area contributed by atoms with E-state index in [9.17, 15) is 13.5 Å². The number of likely N-dealkylation sites (tertiary alicyclic amines) is 1. The van der Waals surface area contributed by atoms with E-state index in [1.54, 1.807) is 24.3 Å². The van der Waals surface area contributed by atoms with E-state index in [2.05, 4.69) is 11.8 Å². The SMILES string of the molecule is C[C@H]1CCCCN1C[C@@H](O)c1ccc(S(C)(=O)=O)cc1. The minimum absolute atomic E-state index is 0.291. The summed E-state index contributed by atoms with van der Waals surface area (Å²) in [7, 11) is -3.17. The second-order valence-electron chi connectivity index (χ2n) is 5.70. The molecule has 0 aromatic heterocycles. The van der Waals surface area contributed by atoms with Gasteiger partial charge in [0.2, 0.25) is 0 Å². The largest absolute Gasteiger partial charge is 0.387 e. The quantitative estimate of drug-likeness (QED) is 0.923. The summed E-state index contributed by atoms with van der Waals surface area (Å²) >= 11 is 0. The summed E-state index contributed by atoms with van der Waals surface area (Å²) < 4.78 is 22.8. The smallest absolute Gasteiger partial charge is 0.175 e. The summed E-state index contributed by atoms with van der Waals surface area (Å²) in [4.78, 5) is 2.60. The number of piperidine rings is 1. The molecule has 1 N–H and O–H groups in total. The van der Waals surface area contributed by atoms with E-state index >= 15 is 0 Å². The van der Waals surface area contributed by atoms with Crippen molar-refractivity contribution in [3.8, 4) is 0 Å². The fourth-order valence-electron chi connectivity index (χ4n) is 2.69. The molecule has 0 amide bonds. The highest BCUT2D eigenvalue weighted by atomic mass is 32.2. The highest BCUT2D eigenvalue weighted by molar-refractivity contribution is 7.90. The number of aliphatic hydroxyl groups is 1. The van der Waals surface area contributed by atoms with Gasteiger partial charge < -0.3 is 5.11 Å². The average molecular weight is 297 g/mol. The van der Waals surface area contributed by atoms with Crippen LogP contribution in [0, 0.1) is 0 Å². The highest BCUT2D eigenvalue weighted by Gasteiger charge is 2.21. The van der Waals surface area contributed by atoms with Gasteiger partial charge in [0, 0.05) is 18.8 Å². The van der Waals surface area contributed by atoms with Gasteiger partial charge in [0.1, 0.15) is 0 Å². The zero-order valence-corrected chi connectivity index (χ0v) is 12.9. The van der Waals surface area contributed by atoms with Gasteiger partial charge in [-0.25, -0.2) is 8.42 Å². The van der Waals surface area contributed by atoms with Gasteiger partial charge in [-0.1, -0.05) is 18.6 Å². The Kier molecular flexibility index (Phi) is 4.83. The number of aliphatic hydroxyl groups excluding tert-OH is 1. The molecule has 2 atom stereocenters. The van der Waals surface area contributed by atoms with Crippen molar-refractivity contribution in [1.82, 2.24) is 4.90 Å². The predicted octanol–water partition coefficient (Wildman–Crippen LogP) is 2.00. The standard InChI is InChI=1S/C15H23NO3S/c1-12-5-3-4-10-16(12)11-15(17)13-6-8-14(9-7-13)20(2,18)19/h6-9,12,15,17H,3-5,10-11H2,1-2H3/t12-,15+/m0/s1. The molecule has 1 aromatic carbocycles. The zero-order valence-electron chi connectivity index (χ0n) is 12.1. The topological polar surface area (TPSA) is 57.6 Å². The molecule has 1 aliphatic rings. The third kappa shape index (κ3) is 3.81.